The third kappa shape index (κ3) is 3.11. The number of amides is 1. The van der Waals surface area contributed by atoms with Crippen LogP contribution in [0.4, 0.5) is 0 Å². The molecule has 2 aliphatic rings. The Kier molecular flexibility index (Phi) is 4.51. The molecule has 110 valence electrons. The van der Waals surface area contributed by atoms with Gasteiger partial charge in [0.2, 0.25) is 0 Å². The van der Waals surface area contributed by atoms with Crippen LogP contribution in [0.2, 0.25) is 0 Å². The second kappa shape index (κ2) is 5.80. The number of carbonyl (C=O) groups excluding carboxylic acids is 1. The van der Waals surface area contributed by atoms with Gasteiger partial charge >= 0.3 is 0 Å². The molecular weight excluding hydrogens is 240 g/mol. The lowest BCUT2D eigenvalue weighted by Crippen LogP contribution is -2.48. The molecule has 1 aliphatic heterocycles. The Morgan fingerprint density at radius 3 is 2.42 bits per heavy atom. The van der Waals surface area contributed by atoms with Gasteiger partial charge in [-0.05, 0) is 37.5 Å². The molecule has 2 rings (SSSR count). The monoisotopic (exact) mass is 268 g/mol. The molecule has 1 aliphatic carbocycles. The summed E-state index contributed by atoms with van der Waals surface area (Å²) in [5.74, 6) is 1.64. The summed E-state index contributed by atoms with van der Waals surface area (Å²) in [6.45, 7) is 5.91. The van der Waals surface area contributed by atoms with Crippen molar-refractivity contribution < 1.29 is 9.53 Å². The van der Waals surface area contributed by atoms with Gasteiger partial charge in [0, 0.05) is 26.6 Å². The van der Waals surface area contributed by atoms with Crippen LogP contribution in [0.1, 0.15) is 46.0 Å². The number of likely N-dealkylation sites (N-methyl/N-ethyl adjacent to an activating group) is 1. The van der Waals surface area contributed by atoms with E-state index in [9.17, 15) is 4.79 Å². The molecule has 0 aromatic heterocycles. The third-order valence-electron chi connectivity index (χ3n) is 5.03. The van der Waals surface area contributed by atoms with E-state index in [4.69, 9.17) is 10.5 Å². The van der Waals surface area contributed by atoms with Crippen LogP contribution in [-0.2, 0) is 9.53 Å². The van der Waals surface area contributed by atoms with Crippen molar-refractivity contribution >= 4 is 5.91 Å². The quantitative estimate of drug-likeness (QED) is 0.845. The van der Waals surface area contributed by atoms with Crippen LogP contribution in [-0.4, -0.2) is 42.6 Å². The molecule has 1 saturated carbocycles. The largest absolute Gasteiger partial charge is 0.361 e. The summed E-state index contributed by atoms with van der Waals surface area (Å²) in [5.41, 5.74) is 5.72. The van der Waals surface area contributed by atoms with Gasteiger partial charge in [0.15, 0.2) is 0 Å². The highest BCUT2D eigenvalue weighted by atomic mass is 16.5. The maximum Gasteiger partial charge on any atom is 0.251 e. The van der Waals surface area contributed by atoms with Crippen molar-refractivity contribution in [3.05, 3.63) is 0 Å². The Balaban J connectivity index is 1.95. The number of carbonyl (C=O) groups is 1. The SMILES string of the molecule is CC(C)C1CCC(CN)(OC2CCN(C)C2=O)CC1. The molecule has 0 spiro atoms. The van der Waals surface area contributed by atoms with E-state index in [1.807, 2.05) is 7.05 Å². The zero-order valence-electron chi connectivity index (χ0n) is 12.5. The second-order valence-electron chi connectivity index (χ2n) is 6.62. The van der Waals surface area contributed by atoms with Gasteiger partial charge < -0.3 is 15.4 Å². The number of likely N-dealkylation sites (tertiary alicyclic amines) is 1. The average molecular weight is 268 g/mol. The van der Waals surface area contributed by atoms with Crippen LogP contribution in [0.15, 0.2) is 0 Å². The predicted molar refractivity (Wildman–Crippen MR) is 75.7 cm³/mol. The van der Waals surface area contributed by atoms with Crippen molar-refractivity contribution in [2.45, 2.75) is 57.7 Å². The second-order valence-corrected chi connectivity index (χ2v) is 6.62. The lowest BCUT2D eigenvalue weighted by atomic mass is 9.74. The van der Waals surface area contributed by atoms with Gasteiger partial charge in [-0.3, -0.25) is 4.79 Å². The molecule has 2 fully saturated rings. The fourth-order valence-electron chi connectivity index (χ4n) is 3.40. The van der Waals surface area contributed by atoms with Crippen LogP contribution in [0.5, 0.6) is 0 Å². The highest BCUT2D eigenvalue weighted by Crippen LogP contribution is 2.39. The minimum Gasteiger partial charge on any atom is -0.361 e. The van der Waals surface area contributed by atoms with Gasteiger partial charge in [0.05, 0.1) is 5.60 Å². The third-order valence-corrected chi connectivity index (χ3v) is 5.03. The summed E-state index contributed by atoms with van der Waals surface area (Å²) < 4.78 is 6.18. The highest BCUT2D eigenvalue weighted by molar-refractivity contribution is 5.82. The summed E-state index contributed by atoms with van der Waals surface area (Å²) >= 11 is 0. The lowest BCUT2D eigenvalue weighted by molar-refractivity contribution is -0.153. The smallest absolute Gasteiger partial charge is 0.251 e. The average Bonchev–Trinajstić information content (AvgIpc) is 2.71. The molecule has 0 aromatic rings. The van der Waals surface area contributed by atoms with E-state index < -0.39 is 0 Å². The van der Waals surface area contributed by atoms with E-state index in [2.05, 4.69) is 13.8 Å². The highest BCUT2D eigenvalue weighted by Gasteiger charge is 2.41. The molecule has 0 bridgehead atoms. The summed E-state index contributed by atoms with van der Waals surface area (Å²) in [7, 11) is 1.84. The Morgan fingerprint density at radius 1 is 1.37 bits per heavy atom. The maximum atomic E-state index is 12.0. The van der Waals surface area contributed by atoms with Gasteiger partial charge in [0.25, 0.3) is 5.91 Å². The van der Waals surface area contributed by atoms with Crippen LogP contribution in [0, 0.1) is 11.8 Å². The molecule has 0 aromatic carbocycles. The van der Waals surface area contributed by atoms with E-state index in [0.717, 1.165) is 37.6 Å². The van der Waals surface area contributed by atoms with Gasteiger partial charge in [-0.2, -0.15) is 0 Å². The Morgan fingerprint density at radius 2 is 2.00 bits per heavy atom. The first-order valence-corrected chi connectivity index (χ1v) is 7.60. The van der Waals surface area contributed by atoms with Crippen LogP contribution >= 0.6 is 0 Å². The standard InChI is InChI=1S/C15H28N2O2/c1-11(2)12-4-7-15(10-16,8-5-12)19-13-6-9-17(3)14(13)18/h11-13H,4-10,16H2,1-3H3. The molecular formula is C15H28N2O2. The van der Waals surface area contributed by atoms with Crippen LogP contribution < -0.4 is 5.73 Å². The van der Waals surface area contributed by atoms with Gasteiger partial charge in [0.1, 0.15) is 6.10 Å². The molecule has 2 N–H and O–H groups in total. The van der Waals surface area contributed by atoms with E-state index in [-0.39, 0.29) is 17.6 Å². The summed E-state index contributed by atoms with van der Waals surface area (Å²) in [6.07, 6.45) is 4.89. The van der Waals surface area contributed by atoms with Crippen molar-refractivity contribution in [1.82, 2.24) is 4.90 Å². The molecule has 4 nitrogen and oxygen atoms in total. The van der Waals surface area contributed by atoms with Crippen molar-refractivity contribution in [3.8, 4) is 0 Å². The molecule has 0 radical (unpaired) electrons. The minimum atomic E-state index is -0.260. The summed E-state index contributed by atoms with van der Waals surface area (Å²) in [6, 6.07) is 0. The van der Waals surface area contributed by atoms with E-state index in [1.54, 1.807) is 4.90 Å². The first-order chi connectivity index (χ1) is 8.97. The number of nitrogens with two attached hydrogens (primary N) is 1. The topological polar surface area (TPSA) is 55.6 Å². The van der Waals surface area contributed by atoms with Crippen LogP contribution in [0.25, 0.3) is 0 Å². The first-order valence-electron chi connectivity index (χ1n) is 7.60. The molecule has 1 saturated heterocycles. The van der Waals surface area contributed by atoms with E-state index >= 15 is 0 Å². The van der Waals surface area contributed by atoms with Crippen molar-refractivity contribution in [2.24, 2.45) is 17.6 Å². The Bertz CT molecular complexity index is 322. The van der Waals surface area contributed by atoms with Crippen molar-refractivity contribution in [2.75, 3.05) is 20.1 Å². The predicted octanol–water partition coefficient (Wildman–Crippen LogP) is 1.78. The fraction of sp³-hybridized carbons (Fsp3) is 0.933. The Labute approximate surface area is 116 Å². The van der Waals surface area contributed by atoms with Gasteiger partial charge in [-0.15, -0.1) is 0 Å². The molecule has 1 amide bonds. The van der Waals surface area contributed by atoms with Crippen LogP contribution in [0.3, 0.4) is 0 Å². The minimum absolute atomic E-state index is 0.124. The lowest BCUT2D eigenvalue weighted by Gasteiger charge is -2.41. The maximum absolute atomic E-state index is 12.0. The zero-order valence-corrected chi connectivity index (χ0v) is 12.5. The molecule has 1 heterocycles. The number of ether oxygens (including phenoxy) is 1. The molecule has 1 unspecified atom stereocenters. The fourth-order valence-corrected chi connectivity index (χ4v) is 3.40. The van der Waals surface area contributed by atoms with Crippen molar-refractivity contribution in [1.29, 1.82) is 0 Å². The molecule has 4 heteroatoms. The van der Waals surface area contributed by atoms with E-state index in [1.165, 1.54) is 12.8 Å². The number of hydrogen-bond donors (Lipinski definition) is 1. The van der Waals surface area contributed by atoms with Gasteiger partial charge in [-0.25, -0.2) is 0 Å². The number of hydrogen-bond acceptors (Lipinski definition) is 3. The Hall–Kier alpha value is -0.610. The number of nitrogens with zero attached hydrogens (tertiary/aromatic N) is 1. The molecule has 19 heavy (non-hydrogen) atoms. The summed E-state index contributed by atoms with van der Waals surface area (Å²) in [5, 5.41) is 0. The summed E-state index contributed by atoms with van der Waals surface area (Å²) in [4.78, 5) is 13.7. The van der Waals surface area contributed by atoms with Crippen molar-refractivity contribution in [3.63, 3.8) is 0 Å². The zero-order chi connectivity index (χ0) is 14.0. The van der Waals surface area contributed by atoms with Gasteiger partial charge in [-0.1, -0.05) is 13.8 Å². The first kappa shape index (κ1) is 14.8. The normalized spacial score (nSPS) is 36.3. The van der Waals surface area contributed by atoms with E-state index in [0.29, 0.717) is 6.54 Å². The number of rotatable bonds is 4. The molecule has 1 atom stereocenters.